The van der Waals surface area contributed by atoms with Gasteiger partial charge in [0.25, 0.3) is 4.84 Å². The Morgan fingerprint density at radius 3 is 2.68 bits per heavy atom. The van der Waals surface area contributed by atoms with Crippen LogP contribution in [-0.4, -0.2) is 4.98 Å². The smallest absolute Gasteiger partial charge is 0.289 e. The molecule has 0 atom stereocenters. The minimum Gasteiger partial charge on any atom is -0.430 e. The van der Waals surface area contributed by atoms with E-state index in [-0.39, 0.29) is 4.84 Å². The largest absolute Gasteiger partial charge is 0.430 e. The zero-order chi connectivity index (χ0) is 15.1. The lowest BCUT2D eigenvalue weighted by molar-refractivity contribution is 0.562. The summed E-state index contributed by atoms with van der Waals surface area (Å²) in [4.78, 5) is 4.74. The van der Waals surface area contributed by atoms with Crippen molar-refractivity contribution in [1.29, 1.82) is 0 Å². The molecule has 3 aromatic carbocycles. The van der Waals surface area contributed by atoms with Crippen LogP contribution in [0.5, 0.6) is 0 Å². The molecule has 0 radical (unpaired) electrons. The molecule has 4 rings (SSSR count). The van der Waals surface area contributed by atoms with Gasteiger partial charge >= 0.3 is 0 Å². The first-order valence-electron chi connectivity index (χ1n) is 6.81. The minimum atomic E-state index is 0.248. The molecule has 0 spiro atoms. The van der Waals surface area contributed by atoms with Gasteiger partial charge in [-0.2, -0.15) is 0 Å². The van der Waals surface area contributed by atoms with Crippen molar-refractivity contribution in [3.8, 4) is 11.3 Å². The second-order valence-electron chi connectivity index (χ2n) is 5.00. The minimum absolute atomic E-state index is 0.248. The van der Waals surface area contributed by atoms with Gasteiger partial charge in [-0.3, -0.25) is 0 Å². The zero-order valence-corrected chi connectivity index (χ0v) is 13.8. The summed E-state index contributed by atoms with van der Waals surface area (Å²) >= 11 is 8.71. The van der Waals surface area contributed by atoms with Crippen molar-refractivity contribution in [2.24, 2.45) is 0 Å². The Bertz CT molecular complexity index is 1070. The molecule has 0 amide bonds. The number of hydrogen-bond acceptors (Lipinski definition) is 3. The molecule has 4 heteroatoms. The van der Waals surface area contributed by atoms with E-state index in [0.717, 1.165) is 37.5 Å². The molecule has 0 saturated carbocycles. The molecule has 0 aliphatic rings. The number of nitrogens with zero attached hydrogens (tertiary/aromatic N) is 1. The monoisotopic (exact) mass is 367 g/mol. The number of benzene rings is 3. The van der Waals surface area contributed by atoms with E-state index in [1.807, 2.05) is 48.5 Å². The SMILES string of the molecule is S=c1nc(-c2cccc(Br)c2)c2c(ccc3ccccc32)o1. The van der Waals surface area contributed by atoms with Crippen molar-refractivity contribution >= 4 is 49.9 Å². The number of hydrogen-bond donors (Lipinski definition) is 0. The van der Waals surface area contributed by atoms with Crippen molar-refractivity contribution in [3.05, 3.63) is 70.0 Å². The van der Waals surface area contributed by atoms with Crippen molar-refractivity contribution in [3.63, 3.8) is 0 Å². The summed E-state index contributed by atoms with van der Waals surface area (Å²) < 4.78 is 6.66. The molecule has 106 valence electrons. The number of halogens is 1. The Morgan fingerprint density at radius 1 is 0.955 bits per heavy atom. The first kappa shape index (κ1) is 13.6. The van der Waals surface area contributed by atoms with Crippen LogP contribution in [-0.2, 0) is 0 Å². The summed E-state index contributed by atoms with van der Waals surface area (Å²) in [5.41, 5.74) is 2.62. The van der Waals surface area contributed by atoms with Gasteiger partial charge in [-0.25, -0.2) is 4.98 Å². The van der Waals surface area contributed by atoms with Gasteiger partial charge in [0.1, 0.15) is 5.58 Å². The highest BCUT2D eigenvalue weighted by Crippen LogP contribution is 2.33. The lowest BCUT2D eigenvalue weighted by atomic mass is 10.0. The molecule has 0 bridgehead atoms. The lowest BCUT2D eigenvalue weighted by Gasteiger charge is -2.08. The predicted molar refractivity (Wildman–Crippen MR) is 95.5 cm³/mol. The van der Waals surface area contributed by atoms with E-state index in [9.17, 15) is 0 Å². The van der Waals surface area contributed by atoms with E-state index in [0.29, 0.717) is 0 Å². The quantitative estimate of drug-likeness (QED) is 0.298. The van der Waals surface area contributed by atoms with Crippen LogP contribution < -0.4 is 0 Å². The van der Waals surface area contributed by atoms with Crippen LogP contribution in [0.2, 0.25) is 0 Å². The normalized spacial score (nSPS) is 11.1. The van der Waals surface area contributed by atoms with E-state index in [4.69, 9.17) is 16.6 Å². The van der Waals surface area contributed by atoms with E-state index < -0.39 is 0 Å². The van der Waals surface area contributed by atoms with Crippen molar-refractivity contribution in [1.82, 2.24) is 4.98 Å². The first-order chi connectivity index (χ1) is 10.7. The maximum Gasteiger partial charge on any atom is 0.289 e. The average molecular weight is 368 g/mol. The van der Waals surface area contributed by atoms with Gasteiger partial charge in [-0.1, -0.05) is 58.4 Å². The van der Waals surface area contributed by atoms with Gasteiger partial charge in [0.15, 0.2) is 0 Å². The number of fused-ring (bicyclic) bond motifs is 3. The Kier molecular flexibility index (Phi) is 3.28. The second-order valence-corrected chi connectivity index (χ2v) is 6.26. The van der Waals surface area contributed by atoms with Crippen LogP contribution >= 0.6 is 28.1 Å². The van der Waals surface area contributed by atoms with Gasteiger partial charge in [0, 0.05) is 10.0 Å². The van der Waals surface area contributed by atoms with Crippen LogP contribution in [0.3, 0.4) is 0 Å². The Labute approximate surface area is 140 Å². The van der Waals surface area contributed by atoms with Gasteiger partial charge in [0.05, 0.1) is 11.1 Å². The third-order valence-electron chi connectivity index (χ3n) is 3.63. The molecule has 22 heavy (non-hydrogen) atoms. The highest BCUT2D eigenvalue weighted by Gasteiger charge is 2.11. The van der Waals surface area contributed by atoms with Crippen LogP contribution in [0.4, 0.5) is 0 Å². The molecule has 1 heterocycles. The third-order valence-corrected chi connectivity index (χ3v) is 4.29. The predicted octanol–water partition coefficient (Wildman–Crippen LogP) is 6.14. The van der Waals surface area contributed by atoms with Crippen LogP contribution in [0.15, 0.2) is 69.6 Å². The molecule has 0 saturated heterocycles. The summed E-state index contributed by atoms with van der Waals surface area (Å²) in [6.07, 6.45) is 0. The highest BCUT2D eigenvalue weighted by molar-refractivity contribution is 9.10. The summed E-state index contributed by atoms with van der Waals surface area (Å²) in [6.45, 7) is 0. The molecular weight excluding hydrogens is 358 g/mol. The summed E-state index contributed by atoms with van der Waals surface area (Å²) in [6, 6.07) is 20.3. The fourth-order valence-corrected chi connectivity index (χ4v) is 3.27. The maximum atomic E-state index is 5.65. The van der Waals surface area contributed by atoms with Crippen LogP contribution in [0, 0.1) is 4.84 Å². The fourth-order valence-electron chi connectivity index (χ4n) is 2.69. The fraction of sp³-hybridized carbons (Fsp3) is 0. The van der Waals surface area contributed by atoms with Gasteiger partial charge in [-0.05, 0) is 41.2 Å². The second kappa shape index (κ2) is 5.30. The molecule has 4 aromatic rings. The molecule has 0 N–H and O–H groups in total. The van der Waals surface area contributed by atoms with E-state index in [1.54, 1.807) is 0 Å². The van der Waals surface area contributed by atoms with E-state index >= 15 is 0 Å². The van der Waals surface area contributed by atoms with Gasteiger partial charge < -0.3 is 4.42 Å². The highest BCUT2D eigenvalue weighted by atomic mass is 79.9. The average Bonchev–Trinajstić information content (AvgIpc) is 2.53. The van der Waals surface area contributed by atoms with Gasteiger partial charge in [0.2, 0.25) is 0 Å². The Morgan fingerprint density at radius 2 is 1.82 bits per heavy atom. The molecule has 2 nitrogen and oxygen atoms in total. The zero-order valence-electron chi connectivity index (χ0n) is 11.4. The number of rotatable bonds is 1. The first-order valence-corrected chi connectivity index (χ1v) is 8.01. The summed E-state index contributed by atoms with van der Waals surface area (Å²) in [5, 5.41) is 3.26. The van der Waals surface area contributed by atoms with Crippen molar-refractivity contribution < 1.29 is 4.42 Å². The Balaban J connectivity index is 2.21. The Hall–Kier alpha value is -2.04. The maximum absolute atomic E-state index is 5.65. The van der Waals surface area contributed by atoms with E-state index in [2.05, 4.69) is 33.0 Å². The standard InChI is InChI=1S/C18H10BrNOS/c19-13-6-3-5-12(10-13)17-16-14-7-2-1-4-11(14)8-9-15(16)21-18(22)20-17/h1-10H. The van der Waals surface area contributed by atoms with Crippen LogP contribution in [0.1, 0.15) is 0 Å². The van der Waals surface area contributed by atoms with E-state index in [1.165, 1.54) is 0 Å². The molecule has 1 aromatic heterocycles. The molecule has 0 fully saturated rings. The van der Waals surface area contributed by atoms with Gasteiger partial charge in [-0.15, -0.1) is 0 Å². The molecule has 0 aliphatic heterocycles. The topological polar surface area (TPSA) is 26.0 Å². The van der Waals surface area contributed by atoms with Crippen LogP contribution in [0.25, 0.3) is 33.0 Å². The van der Waals surface area contributed by atoms with Crippen molar-refractivity contribution in [2.75, 3.05) is 0 Å². The molecular formula is C18H10BrNOS. The van der Waals surface area contributed by atoms with Crippen molar-refractivity contribution in [2.45, 2.75) is 0 Å². The number of aromatic nitrogens is 1. The third kappa shape index (κ3) is 2.25. The summed E-state index contributed by atoms with van der Waals surface area (Å²) in [7, 11) is 0. The summed E-state index contributed by atoms with van der Waals surface area (Å²) in [5.74, 6) is 0. The molecule has 0 aliphatic carbocycles. The molecule has 0 unspecified atom stereocenters. The lowest BCUT2D eigenvalue weighted by Crippen LogP contribution is -1.89.